The number of halogens is 1. The summed E-state index contributed by atoms with van der Waals surface area (Å²) in [4.78, 5) is 7.05. The highest BCUT2D eigenvalue weighted by Gasteiger charge is 2.27. The second-order valence-electron chi connectivity index (χ2n) is 8.01. The average Bonchev–Trinajstić information content (AvgIpc) is 3.12. The van der Waals surface area contributed by atoms with Gasteiger partial charge in [-0.25, -0.2) is 4.99 Å². The van der Waals surface area contributed by atoms with Gasteiger partial charge in [0.1, 0.15) is 17.1 Å². The molecule has 1 aromatic carbocycles. The monoisotopic (exact) mass is 528 g/mol. The van der Waals surface area contributed by atoms with Gasteiger partial charge in [-0.1, -0.05) is 24.3 Å². The van der Waals surface area contributed by atoms with E-state index < -0.39 is 5.60 Å². The van der Waals surface area contributed by atoms with Gasteiger partial charge in [0.15, 0.2) is 5.96 Å². The van der Waals surface area contributed by atoms with Gasteiger partial charge in [0.25, 0.3) is 0 Å². The smallest absolute Gasteiger partial charge is 0.191 e. The van der Waals surface area contributed by atoms with Crippen LogP contribution in [0.3, 0.4) is 0 Å². The van der Waals surface area contributed by atoms with Gasteiger partial charge in [-0.3, -0.25) is 4.90 Å². The molecule has 1 aromatic heterocycles. The first-order valence-electron chi connectivity index (χ1n) is 10.3. The quantitative estimate of drug-likeness (QED) is 0.261. The Morgan fingerprint density at radius 1 is 1.17 bits per heavy atom. The molecule has 168 valence electrons. The van der Waals surface area contributed by atoms with Crippen LogP contribution in [0.1, 0.15) is 50.3 Å². The van der Waals surface area contributed by atoms with E-state index in [4.69, 9.17) is 9.41 Å². The third-order valence-corrected chi connectivity index (χ3v) is 5.04. The molecule has 0 aliphatic carbocycles. The Labute approximate surface area is 198 Å². The highest BCUT2D eigenvalue weighted by Crippen LogP contribution is 2.22. The highest BCUT2D eigenvalue weighted by atomic mass is 127. The number of aryl methyl sites for hydroxylation is 1. The Balaban J connectivity index is 0.00000450. The molecule has 1 unspecified atom stereocenters. The molecule has 0 spiro atoms. The fourth-order valence-corrected chi connectivity index (χ4v) is 2.89. The van der Waals surface area contributed by atoms with Gasteiger partial charge in [0.2, 0.25) is 0 Å². The van der Waals surface area contributed by atoms with Crippen LogP contribution in [0, 0.1) is 6.92 Å². The third-order valence-electron chi connectivity index (χ3n) is 5.04. The number of aliphatic hydroxyl groups is 1. The molecule has 30 heavy (non-hydrogen) atoms. The van der Waals surface area contributed by atoms with Crippen molar-refractivity contribution < 1.29 is 9.52 Å². The number of hydrogen-bond acceptors (Lipinski definition) is 4. The number of benzene rings is 1. The van der Waals surface area contributed by atoms with Crippen LogP contribution in [0.15, 0.2) is 45.8 Å². The van der Waals surface area contributed by atoms with Crippen LogP contribution in [0.5, 0.6) is 0 Å². The molecule has 0 bridgehead atoms. The standard InChI is InChI=1S/C23H36N4O2.HI/c1-7-24-22(26-16-23(5,28)21-13-12-18(4)29-21)25-14-19-10-8-9-11-20(19)15-27(6)17(2)3;/h8-13,17,28H,7,14-16H2,1-6H3,(H2,24,25,26);1H. The average molecular weight is 528 g/mol. The van der Waals surface area contributed by atoms with Crippen LogP contribution in [0.2, 0.25) is 0 Å². The van der Waals surface area contributed by atoms with Crippen molar-refractivity contribution in [3.63, 3.8) is 0 Å². The summed E-state index contributed by atoms with van der Waals surface area (Å²) in [6, 6.07) is 12.6. The largest absolute Gasteiger partial charge is 0.463 e. The van der Waals surface area contributed by atoms with Gasteiger partial charge in [0, 0.05) is 19.1 Å². The Morgan fingerprint density at radius 2 is 1.83 bits per heavy atom. The lowest BCUT2D eigenvalue weighted by molar-refractivity contribution is 0.0378. The Kier molecular flexibility index (Phi) is 10.9. The van der Waals surface area contributed by atoms with Crippen LogP contribution in [0.25, 0.3) is 0 Å². The summed E-state index contributed by atoms with van der Waals surface area (Å²) in [7, 11) is 2.13. The van der Waals surface area contributed by atoms with Gasteiger partial charge in [0.05, 0.1) is 13.1 Å². The number of nitrogens with one attached hydrogen (secondary N) is 2. The predicted molar refractivity (Wildman–Crippen MR) is 134 cm³/mol. The number of hydrogen-bond donors (Lipinski definition) is 3. The lowest BCUT2D eigenvalue weighted by Gasteiger charge is -2.23. The third kappa shape index (κ3) is 7.92. The molecular weight excluding hydrogens is 491 g/mol. The summed E-state index contributed by atoms with van der Waals surface area (Å²) in [5, 5.41) is 17.2. The fourth-order valence-electron chi connectivity index (χ4n) is 2.89. The second kappa shape index (κ2) is 12.3. The first kappa shape index (κ1) is 26.5. The first-order chi connectivity index (χ1) is 13.7. The summed E-state index contributed by atoms with van der Waals surface area (Å²) in [5.41, 5.74) is 1.36. The number of aliphatic imine (C=N–C) groups is 1. The lowest BCUT2D eigenvalue weighted by Crippen LogP contribution is -2.44. The van der Waals surface area contributed by atoms with E-state index in [1.54, 1.807) is 6.92 Å². The molecule has 0 amide bonds. The molecule has 0 fully saturated rings. The van der Waals surface area contributed by atoms with E-state index in [2.05, 4.69) is 54.6 Å². The lowest BCUT2D eigenvalue weighted by atomic mass is 10.0. The summed E-state index contributed by atoms with van der Waals surface area (Å²) < 4.78 is 5.59. The molecule has 1 atom stereocenters. The van der Waals surface area contributed by atoms with Crippen molar-refractivity contribution in [2.75, 3.05) is 20.1 Å². The highest BCUT2D eigenvalue weighted by molar-refractivity contribution is 14.0. The molecule has 0 saturated heterocycles. The fraction of sp³-hybridized carbons (Fsp3) is 0.522. The molecule has 0 saturated carbocycles. The van der Waals surface area contributed by atoms with Gasteiger partial charge in [-0.05, 0) is 64.9 Å². The van der Waals surface area contributed by atoms with Gasteiger partial charge >= 0.3 is 0 Å². The van der Waals surface area contributed by atoms with Crippen molar-refractivity contribution in [3.8, 4) is 0 Å². The van der Waals surface area contributed by atoms with E-state index in [-0.39, 0.29) is 24.0 Å². The maximum Gasteiger partial charge on any atom is 0.191 e. The number of rotatable bonds is 9. The molecular formula is C23H37IN4O2. The van der Waals surface area contributed by atoms with Gasteiger partial charge in [-0.2, -0.15) is 0 Å². The summed E-state index contributed by atoms with van der Waals surface area (Å²) >= 11 is 0. The normalized spacial score (nSPS) is 13.8. The molecule has 0 aliphatic rings. The summed E-state index contributed by atoms with van der Waals surface area (Å²) in [6.45, 7) is 12.5. The minimum Gasteiger partial charge on any atom is -0.463 e. The minimum absolute atomic E-state index is 0. The Hall–Kier alpha value is -1.58. The maximum atomic E-state index is 10.8. The predicted octanol–water partition coefficient (Wildman–Crippen LogP) is 4.01. The first-order valence-corrected chi connectivity index (χ1v) is 10.3. The van der Waals surface area contributed by atoms with E-state index in [0.29, 0.717) is 30.9 Å². The molecule has 3 N–H and O–H groups in total. The maximum absolute atomic E-state index is 10.8. The van der Waals surface area contributed by atoms with E-state index in [9.17, 15) is 5.11 Å². The van der Waals surface area contributed by atoms with Crippen molar-refractivity contribution in [2.45, 2.75) is 59.4 Å². The molecule has 0 aliphatic heterocycles. The van der Waals surface area contributed by atoms with Gasteiger partial charge in [-0.15, -0.1) is 24.0 Å². The summed E-state index contributed by atoms with van der Waals surface area (Å²) in [5.74, 6) is 1.99. The Morgan fingerprint density at radius 3 is 2.40 bits per heavy atom. The number of guanidine groups is 1. The van der Waals surface area contributed by atoms with Crippen LogP contribution in [0.4, 0.5) is 0 Å². The van der Waals surface area contributed by atoms with Crippen molar-refractivity contribution >= 4 is 29.9 Å². The SMILES string of the molecule is CCNC(=NCc1ccccc1CN(C)C(C)C)NCC(C)(O)c1ccc(C)o1.I. The molecule has 1 heterocycles. The van der Waals surface area contributed by atoms with Crippen molar-refractivity contribution in [2.24, 2.45) is 4.99 Å². The number of nitrogens with zero attached hydrogens (tertiary/aromatic N) is 2. The van der Waals surface area contributed by atoms with Crippen LogP contribution in [-0.4, -0.2) is 42.1 Å². The van der Waals surface area contributed by atoms with E-state index >= 15 is 0 Å². The van der Waals surface area contributed by atoms with Crippen LogP contribution >= 0.6 is 24.0 Å². The van der Waals surface area contributed by atoms with Crippen LogP contribution < -0.4 is 10.6 Å². The topological polar surface area (TPSA) is 73.0 Å². The van der Waals surface area contributed by atoms with Gasteiger partial charge < -0.3 is 20.2 Å². The van der Waals surface area contributed by atoms with Crippen LogP contribution in [-0.2, 0) is 18.7 Å². The van der Waals surface area contributed by atoms with Crippen molar-refractivity contribution in [1.82, 2.24) is 15.5 Å². The molecule has 6 nitrogen and oxygen atoms in total. The second-order valence-corrected chi connectivity index (χ2v) is 8.01. The summed E-state index contributed by atoms with van der Waals surface area (Å²) in [6.07, 6.45) is 0. The zero-order valence-electron chi connectivity index (χ0n) is 19.0. The Bertz CT molecular complexity index is 802. The molecule has 0 radical (unpaired) electrons. The van der Waals surface area contributed by atoms with E-state index in [0.717, 1.165) is 18.8 Å². The van der Waals surface area contributed by atoms with Crippen molar-refractivity contribution in [3.05, 3.63) is 59.0 Å². The zero-order chi connectivity index (χ0) is 21.4. The molecule has 2 rings (SSSR count). The molecule has 2 aromatic rings. The van der Waals surface area contributed by atoms with E-state index in [1.165, 1.54) is 11.1 Å². The van der Waals surface area contributed by atoms with Crippen molar-refractivity contribution in [1.29, 1.82) is 0 Å². The van der Waals surface area contributed by atoms with E-state index in [1.807, 2.05) is 32.0 Å². The number of furan rings is 1. The molecule has 7 heteroatoms. The minimum atomic E-state index is -1.12. The zero-order valence-corrected chi connectivity index (χ0v) is 21.4.